The monoisotopic (exact) mass is 460 g/mol. The number of carbonyl (C=O) groups excluding carboxylic acids is 2. The lowest BCUT2D eigenvalue weighted by atomic mass is 10.0. The SMILES string of the molecule is Cc1ncsc1-c1ccc(CNC(=O)C2C[C@@H](O)CN2C(=O)c2ccccc2CC#N)cc1. The van der Waals surface area contributed by atoms with E-state index in [0.29, 0.717) is 17.7 Å². The summed E-state index contributed by atoms with van der Waals surface area (Å²) in [5.41, 5.74) is 5.83. The van der Waals surface area contributed by atoms with Gasteiger partial charge in [-0.1, -0.05) is 42.5 Å². The van der Waals surface area contributed by atoms with E-state index in [1.54, 1.807) is 35.6 Å². The molecule has 4 rings (SSSR count). The lowest BCUT2D eigenvalue weighted by Crippen LogP contribution is -2.46. The van der Waals surface area contributed by atoms with Crippen molar-refractivity contribution in [2.45, 2.75) is 38.5 Å². The van der Waals surface area contributed by atoms with Gasteiger partial charge in [0.05, 0.1) is 34.7 Å². The highest BCUT2D eigenvalue weighted by Crippen LogP contribution is 2.27. The third-order valence-electron chi connectivity index (χ3n) is 5.79. The number of likely N-dealkylation sites (tertiary alicyclic amines) is 1. The number of carbonyl (C=O) groups is 2. The quantitative estimate of drug-likeness (QED) is 0.588. The Kier molecular flexibility index (Phi) is 6.82. The summed E-state index contributed by atoms with van der Waals surface area (Å²) in [5.74, 6) is -0.651. The molecule has 2 N–H and O–H groups in total. The zero-order valence-electron chi connectivity index (χ0n) is 18.2. The van der Waals surface area contributed by atoms with Crippen LogP contribution in [0.1, 0.15) is 33.6 Å². The van der Waals surface area contributed by atoms with Gasteiger partial charge in [0.2, 0.25) is 5.91 Å². The number of aliphatic hydroxyl groups is 1. The molecule has 2 heterocycles. The summed E-state index contributed by atoms with van der Waals surface area (Å²) in [5, 5.41) is 22.1. The van der Waals surface area contributed by atoms with Gasteiger partial charge in [0.1, 0.15) is 6.04 Å². The molecule has 2 amide bonds. The van der Waals surface area contributed by atoms with Crippen LogP contribution in [0.15, 0.2) is 54.0 Å². The maximum absolute atomic E-state index is 13.2. The maximum Gasteiger partial charge on any atom is 0.254 e. The summed E-state index contributed by atoms with van der Waals surface area (Å²) in [4.78, 5) is 32.9. The molecule has 1 unspecified atom stereocenters. The van der Waals surface area contributed by atoms with E-state index in [4.69, 9.17) is 5.26 Å². The Morgan fingerprint density at radius 1 is 1.24 bits per heavy atom. The van der Waals surface area contributed by atoms with Crippen molar-refractivity contribution in [3.05, 3.63) is 76.4 Å². The number of benzene rings is 2. The lowest BCUT2D eigenvalue weighted by molar-refractivity contribution is -0.125. The fraction of sp³-hybridized carbons (Fsp3) is 0.280. The highest BCUT2D eigenvalue weighted by Gasteiger charge is 2.39. The Morgan fingerprint density at radius 2 is 2.00 bits per heavy atom. The van der Waals surface area contributed by atoms with E-state index in [0.717, 1.165) is 21.7 Å². The Labute approximate surface area is 196 Å². The van der Waals surface area contributed by atoms with Crippen molar-refractivity contribution < 1.29 is 14.7 Å². The van der Waals surface area contributed by atoms with Crippen molar-refractivity contribution >= 4 is 23.2 Å². The van der Waals surface area contributed by atoms with Crippen LogP contribution in [-0.2, 0) is 17.8 Å². The molecule has 1 aromatic heterocycles. The van der Waals surface area contributed by atoms with Crippen molar-refractivity contribution in [2.75, 3.05) is 6.54 Å². The fourth-order valence-corrected chi connectivity index (χ4v) is 4.88. The first-order valence-corrected chi connectivity index (χ1v) is 11.6. The van der Waals surface area contributed by atoms with Gasteiger partial charge in [-0.25, -0.2) is 4.98 Å². The molecule has 0 saturated carbocycles. The highest BCUT2D eigenvalue weighted by atomic mass is 32.1. The van der Waals surface area contributed by atoms with Crippen LogP contribution in [0.25, 0.3) is 10.4 Å². The van der Waals surface area contributed by atoms with Crippen LogP contribution < -0.4 is 5.32 Å². The first kappa shape index (κ1) is 22.6. The summed E-state index contributed by atoms with van der Waals surface area (Å²) in [6.45, 7) is 2.38. The van der Waals surface area contributed by atoms with Crippen LogP contribution in [0.4, 0.5) is 0 Å². The largest absolute Gasteiger partial charge is 0.391 e. The summed E-state index contributed by atoms with van der Waals surface area (Å²) in [6.07, 6.45) is -0.483. The van der Waals surface area contributed by atoms with Crippen LogP contribution in [0.2, 0.25) is 0 Å². The van der Waals surface area contributed by atoms with E-state index in [1.165, 1.54) is 4.90 Å². The number of aromatic nitrogens is 1. The number of aryl methyl sites for hydroxylation is 1. The van der Waals surface area contributed by atoms with E-state index in [2.05, 4.69) is 16.4 Å². The Balaban J connectivity index is 1.43. The minimum absolute atomic E-state index is 0.0840. The number of nitriles is 1. The van der Waals surface area contributed by atoms with Crippen LogP contribution >= 0.6 is 11.3 Å². The molecule has 0 radical (unpaired) electrons. The van der Waals surface area contributed by atoms with Crippen molar-refractivity contribution in [3.63, 3.8) is 0 Å². The molecule has 1 fully saturated rings. The zero-order chi connectivity index (χ0) is 23.4. The molecule has 2 atom stereocenters. The molecule has 3 aromatic rings. The van der Waals surface area contributed by atoms with Crippen LogP contribution in [0.3, 0.4) is 0 Å². The molecule has 0 spiro atoms. The first-order valence-electron chi connectivity index (χ1n) is 10.7. The molecule has 8 heteroatoms. The van der Waals surface area contributed by atoms with Gasteiger partial charge in [-0.3, -0.25) is 9.59 Å². The highest BCUT2D eigenvalue weighted by molar-refractivity contribution is 7.13. The summed E-state index contributed by atoms with van der Waals surface area (Å²) < 4.78 is 0. The number of nitrogens with zero attached hydrogens (tertiary/aromatic N) is 3. The molecule has 2 aromatic carbocycles. The molecule has 0 aliphatic carbocycles. The number of rotatable bonds is 6. The van der Waals surface area contributed by atoms with Crippen molar-refractivity contribution in [1.82, 2.24) is 15.2 Å². The number of hydrogen-bond donors (Lipinski definition) is 2. The molecular weight excluding hydrogens is 436 g/mol. The zero-order valence-corrected chi connectivity index (χ0v) is 19.0. The van der Waals surface area contributed by atoms with E-state index >= 15 is 0 Å². The van der Waals surface area contributed by atoms with E-state index in [9.17, 15) is 14.7 Å². The van der Waals surface area contributed by atoms with Crippen molar-refractivity contribution in [2.24, 2.45) is 0 Å². The molecular formula is C25H24N4O3S. The standard InChI is InChI=1S/C25H24N4O3S/c1-16-23(33-15-28-16)19-8-6-17(7-9-19)13-27-24(31)22-12-20(30)14-29(22)25(32)21-5-3-2-4-18(21)10-11-26/h2-9,15,20,22,30H,10,12-14H2,1H3,(H,27,31)/t20-,22?/m1/s1. The van der Waals surface area contributed by atoms with Gasteiger partial charge in [0.25, 0.3) is 5.91 Å². The van der Waals surface area contributed by atoms with E-state index in [-0.39, 0.29) is 31.2 Å². The van der Waals surface area contributed by atoms with Gasteiger partial charge in [-0.15, -0.1) is 11.3 Å². The molecule has 1 aliphatic heterocycles. The minimum Gasteiger partial charge on any atom is -0.391 e. The lowest BCUT2D eigenvalue weighted by Gasteiger charge is -2.24. The van der Waals surface area contributed by atoms with Crippen molar-refractivity contribution in [3.8, 4) is 16.5 Å². The van der Waals surface area contributed by atoms with E-state index in [1.807, 2.05) is 36.7 Å². The predicted octanol–water partition coefficient (Wildman–Crippen LogP) is 3.08. The molecule has 7 nitrogen and oxygen atoms in total. The number of aliphatic hydroxyl groups excluding tert-OH is 1. The Bertz CT molecular complexity index is 1200. The van der Waals surface area contributed by atoms with Gasteiger partial charge < -0.3 is 15.3 Å². The number of nitrogens with one attached hydrogen (secondary N) is 1. The first-order chi connectivity index (χ1) is 16.0. The predicted molar refractivity (Wildman–Crippen MR) is 125 cm³/mol. The Hall–Kier alpha value is -3.54. The van der Waals surface area contributed by atoms with Gasteiger partial charge in [0.15, 0.2) is 0 Å². The van der Waals surface area contributed by atoms with Crippen molar-refractivity contribution in [1.29, 1.82) is 5.26 Å². The number of amides is 2. The van der Waals surface area contributed by atoms with Gasteiger partial charge in [-0.2, -0.15) is 5.26 Å². The molecule has 168 valence electrons. The molecule has 0 bridgehead atoms. The second-order valence-electron chi connectivity index (χ2n) is 8.04. The van der Waals surface area contributed by atoms with Crippen LogP contribution in [0, 0.1) is 18.3 Å². The second-order valence-corrected chi connectivity index (χ2v) is 8.89. The van der Waals surface area contributed by atoms with E-state index < -0.39 is 12.1 Å². The maximum atomic E-state index is 13.2. The smallest absolute Gasteiger partial charge is 0.254 e. The summed E-state index contributed by atoms with van der Waals surface area (Å²) in [6, 6.07) is 16.1. The second kappa shape index (κ2) is 9.94. The average Bonchev–Trinajstić information content (AvgIpc) is 3.43. The molecule has 1 saturated heterocycles. The summed E-state index contributed by atoms with van der Waals surface area (Å²) in [7, 11) is 0. The van der Waals surface area contributed by atoms with Gasteiger partial charge >= 0.3 is 0 Å². The average molecular weight is 461 g/mol. The normalized spacial score (nSPS) is 17.5. The van der Waals surface area contributed by atoms with Gasteiger partial charge in [0, 0.05) is 25.1 Å². The Morgan fingerprint density at radius 3 is 2.70 bits per heavy atom. The fourth-order valence-electron chi connectivity index (χ4n) is 4.07. The third kappa shape index (κ3) is 4.95. The number of β-amino-alcohol motifs (C(OH)–C–C–N with tert-alkyl or cyclic N) is 1. The number of hydrogen-bond acceptors (Lipinski definition) is 6. The third-order valence-corrected chi connectivity index (χ3v) is 6.77. The molecule has 33 heavy (non-hydrogen) atoms. The van der Waals surface area contributed by atoms with Gasteiger partial charge in [-0.05, 0) is 29.7 Å². The summed E-state index contributed by atoms with van der Waals surface area (Å²) >= 11 is 1.59. The topological polar surface area (TPSA) is 106 Å². The van der Waals surface area contributed by atoms with Crippen LogP contribution in [0.5, 0.6) is 0 Å². The number of thiazole rings is 1. The minimum atomic E-state index is -0.769. The van der Waals surface area contributed by atoms with Crippen LogP contribution in [-0.4, -0.2) is 45.5 Å². The molecule has 1 aliphatic rings.